The van der Waals surface area contributed by atoms with Crippen molar-refractivity contribution in [3.05, 3.63) is 64.1 Å². The Labute approximate surface area is 191 Å². The van der Waals surface area contributed by atoms with Gasteiger partial charge in [-0.2, -0.15) is 0 Å². The third-order valence-corrected chi connectivity index (χ3v) is 5.37. The molecule has 0 spiro atoms. The molecule has 0 aliphatic carbocycles. The number of anilines is 1. The van der Waals surface area contributed by atoms with E-state index in [1.54, 1.807) is 15.9 Å². The van der Waals surface area contributed by atoms with Crippen molar-refractivity contribution >= 4 is 33.8 Å². The van der Waals surface area contributed by atoms with E-state index in [2.05, 4.69) is 15.9 Å². The molecule has 1 atom stereocenters. The average molecular weight is 490 g/mol. The van der Waals surface area contributed by atoms with Gasteiger partial charge in [0.25, 0.3) is 0 Å². The minimum atomic E-state index is -0.604. The van der Waals surface area contributed by atoms with Crippen molar-refractivity contribution < 1.29 is 19.1 Å². The topological polar surface area (TPSA) is 85.1 Å². The zero-order valence-corrected chi connectivity index (χ0v) is 19.6. The van der Waals surface area contributed by atoms with Crippen molar-refractivity contribution in [3.63, 3.8) is 0 Å². The molecule has 2 aromatic carbocycles. The van der Waals surface area contributed by atoms with E-state index in [1.807, 2.05) is 63.2 Å². The van der Waals surface area contributed by atoms with E-state index in [9.17, 15) is 9.59 Å². The lowest BCUT2D eigenvalue weighted by Gasteiger charge is -2.41. The van der Waals surface area contributed by atoms with Crippen molar-refractivity contribution in [2.24, 2.45) is 0 Å². The lowest BCUT2D eigenvalue weighted by molar-refractivity contribution is 0.000891. The first kappa shape index (κ1) is 22.9. The van der Waals surface area contributed by atoms with Crippen LogP contribution in [0.25, 0.3) is 0 Å². The molecule has 166 valence electrons. The van der Waals surface area contributed by atoms with Crippen LogP contribution in [0, 0.1) is 0 Å². The van der Waals surface area contributed by atoms with E-state index in [0.717, 1.165) is 15.6 Å². The molecule has 1 fully saturated rings. The lowest BCUT2D eigenvalue weighted by Crippen LogP contribution is -2.53. The monoisotopic (exact) mass is 489 g/mol. The minimum absolute atomic E-state index is 0.173. The Bertz CT molecular complexity index is 930. The number of piperazine rings is 1. The summed E-state index contributed by atoms with van der Waals surface area (Å²) in [5.41, 5.74) is 7.83. The molecule has 1 aliphatic heterocycles. The van der Waals surface area contributed by atoms with Gasteiger partial charge in [-0.05, 0) is 44.5 Å². The van der Waals surface area contributed by atoms with Crippen LogP contribution in [-0.4, -0.2) is 47.2 Å². The molecule has 2 aromatic rings. The summed E-state index contributed by atoms with van der Waals surface area (Å²) >= 11 is 3.47. The quantitative estimate of drug-likeness (QED) is 0.615. The minimum Gasteiger partial charge on any atom is -0.445 e. The first-order valence-electron chi connectivity index (χ1n) is 10.1. The van der Waals surface area contributed by atoms with Gasteiger partial charge in [-0.25, -0.2) is 9.59 Å². The van der Waals surface area contributed by atoms with Crippen molar-refractivity contribution in [2.45, 2.75) is 39.0 Å². The smallest absolute Gasteiger partial charge is 0.410 e. The number of hydrogen-bond acceptors (Lipinski definition) is 5. The first-order valence-corrected chi connectivity index (χ1v) is 10.9. The first-order chi connectivity index (χ1) is 14.6. The van der Waals surface area contributed by atoms with Crippen molar-refractivity contribution in [3.8, 4) is 0 Å². The van der Waals surface area contributed by atoms with Gasteiger partial charge in [0.2, 0.25) is 0 Å². The number of amides is 2. The van der Waals surface area contributed by atoms with Crippen LogP contribution < -0.4 is 5.73 Å². The van der Waals surface area contributed by atoms with Gasteiger partial charge in [-0.3, -0.25) is 4.90 Å². The van der Waals surface area contributed by atoms with E-state index >= 15 is 0 Å². The highest BCUT2D eigenvalue weighted by atomic mass is 79.9. The van der Waals surface area contributed by atoms with Crippen LogP contribution in [0.15, 0.2) is 53.0 Å². The third kappa shape index (κ3) is 6.13. The summed E-state index contributed by atoms with van der Waals surface area (Å²) in [6.45, 7) is 6.56. The van der Waals surface area contributed by atoms with Gasteiger partial charge in [0, 0.05) is 35.4 Å². The van der Waals surface area contributed by atoms with Crippen LogP contribution in [0.4, 0.5) is 15.3 Å². The molecular weight excluding hydrogens is 462 g/mol. The SMILES string of the molecule is CC(C)(C)OC(=O)N1CCN(C(=O)OCc2ccccc2)C(c2cc(Br)ccc2N)C1. The summed E-state index contributed by atoms with van der Waals surface area (Å²) in [7, 11) is 0. The highest BCUT2D eigenvalue weighted by Gasteiger charge is 2.37. The van der Waals surface area contributed by atoms with Gasteiger partial charge in [-0.15, -0.1) is 0 Å². The van der Waals surface area contributed by atoms with Gasteiger partial charge in [0.1, 0.15) is 12.2 Å². The molecule has 2 amide bonds. The number of halogens is 1. The molecule has 8 heteroatoms. The summed E-state index contributed by atoms with van der Waals surface area (Å²) in [4.78, 5) is 28.9. The lowest BCUT2D eigenvalue weighted by atomic mass is 10.0. The predicted molar refractivity (Wildman–Crippen MR) is 122 cm³/mol. The zero-order chi connectivity index (χ0) is 22.6. The van der Waals surface area contributed by atoms with E-state index in [0.29, 0.717) is 18.8 Å². The number of nitrogen functional groups attached to an aromatic ring is 1. The van der Waals surface area contributed by atoms with Crippen LogP contribution in [-0.2, 0) is 16.1 Å². The van der Waals surface area contributed by atoms with E-state index < -0.39 is 23.8 Å². The highest BCUT2D eigenvalue weighted by Crippen LogP contribution is 2.33. The number of carbonyl (C=O) groups is 2. The number of hydrogen-bond donors (Lipinski definition) is 1. The zero-order valence-electron chi connectivity index (χ0n) is 18.0. The summed E-state index contributed by atoms with van der Waals surface area (Å²) in [6.07, 6.45) is -0.861. The fourth-order valence-corrected chi connectivity index (χ4v) is 3.78. The van der Waals surface area contributed by atoms with Crippen molar-refractivity contribution in [2.75, 3.05) is 25.4 Å². The Morgan fingerprint density at radius 2 is 1.81 bits per heavy atom. The van der Waals surface area contributed by atoms with E-state index in [-0.39, 0.29) is 13.2 Å². The molecule has 1 aliphatic rings. The second-order valence-electron chi connectivity index (χ2n) is 8.45. The number of benzene rings is 2. The molecule has 0 bridgehead atoms. The van der Waals surface area contributed by atoms with E-state index in [4.69, 9.17) is 15.2 Å². The molecular formula is C23H28BrN3O4. The van der Waals surface area contributed by atoms with Gasteiger partial charge in [0.05, 0.1) is 6.04 Å². The maximum absolute atomic E-state index is 13.0. The summed E-state index contributed by atoms with van der Waals surface area (Å²) in [5, 5.41) is 0. The molecule has 0 aromatic heterocycles. The molecule has 1 unspecified atom stereocenters. The molecule has 2 N–H and O–H groups in total. The number of nitrogens with two attached hydrogens (primary N) is 1. The Hall–Kier alpha value is -2.74. The number of ether oxygens (including phenoxy) is 2. The van der Waals surface area contributed by atoms with Gasteiger partial charge in [-0.1, -0.05) is 46.3 Å². The second-order valence-corrected chi connectivity index (χ2v) is 9.36. The van der Waals surface area contributed by atoms with Gasteiger partial charge < -0.3 is 20.1 Å². The number of nitrogens with zero attached hydrogens (tertiary/aromatic N) is 2. The Balaban J connectivity index is 1.81. The molecule has 1 saturated heterocycles. The largest absolute Gasteiger partial charge is 0.445 e. The highest BCUT2D eigenvalue weighted by molar-refractivity contribution is 9.10. The Morgan fingerprint density at radius 1 is 1.10 bits per heavy atom. The van der Waals surface area contributed by atoms with Crippen LogP contribution in [0.2, 0.25) is 0 Å². The van der Waals surface area contributed by atoms with Gasteiger partial charge >= 0.3 is 12.2 Å². The fourth-order valence-electron chi connectivity index (χ4n) is 3.40. The number of carbonyl (C=O) groups excluding carboxylic acids is 2. The normalized spacial score (nSPS) is 16.7. The summed E-state index contributed by atoms with van der Waals surface area (Å²) in [6, 6.07) is 14.5. The van der Waals surface area contributed by atoms with Crippen molar-refractivity contribution in [1.29, 1.82) is 0 Å². The number of rotatable bonds is 3. The average Bonchev–Trinajstić information content (AvgIpc) is 2.73. The standard InChI is InChI=1S/C23H28BrN3O4/c1-23(2,3)31-21(28)26-11-12-27(22(29)30-15-16-7-5-4-6-8-16)20(14-26)18-13-17(24)9-10-19(18)25/h4-10,13,20H,11-12,14-15,25H2,1-3H3. The third-order valence-electron chi connectivity index (χ3n) is 4.88. The van der Waals surface area contributed by atoms with Crippen molar-refractivity contribution in [1.82, 2.24) is 9.80 Å². The molecule has 31 heavy (non-hydrogen) atoms. The van der Waals surface area contributed by atoms with Crippen LogP contribution >= 0.6 is 15.9 Å². The Kier molecular flexibility index (Phi) is 7.10. The predicted octanol–water partition coefficient (Wildman–Crippen LogP) is 4.96. The van der Waals surface area contributed by atoms with Crippen LogP contribution in [0.5, 0.6) is 0 Å². The maximum atomic E-state index is 13.0. The van der Waals surface area contributed by atoms with E-state index in [1.165, 1.54) is 0 Å². The molecule has 3 rings (SSSR count). The van der Waals surface area contributed by atoms with Crippen LogP contribution in [0.1, 0.15) is 37.9 Å². The summed E-state index contributed by atoms with van der Waals surface area (Å²) in [5.74, 6) is 0. The fraction of sp³-hybridized carbons (Fsp3) is 0.391. The van der Waals surface area contributed by atoms with Crippen LogP contribution in [0.3, 0.4) is 0 Å². The molecule has 0 radical (unpaired) electrons. The summed E-state index contributed by atoms with van der Waals surface area (Å²) < 4.78 is 11.9. The molecule has 1 heterocycles. The molecule has 7 nitrogen and oxygen atoms in total. The maximum Gasteiger partial charge on any atom is 0.410 e. The van der Waals surface area contributed by atoms with Gasteiger partial charge in [0.15, 0.2) is 0 Å². The Morgan fingerprint density at radius 3 is 2.48 bits per heavy atom. The second kappa shape index (κ2) is 9.60. The molecule has 0 saturated carbocycles.